The maximum absolute atomic E-state index is 7.57. The SMILES string of the molecule is CCO.NC=CCc1cc2ccccc2[nH]1. The van der Waals surface area contributed by atoms with Gasteiger partial charge in [0.1, 0.15) is 0 Å². The normalized spacial score (nSPS) is 10.4. The molecule has 2 rings (SSSR count). The lowest BCUT2D eigenvalue weighted by atomic mass is 10.2. The Labute approximate surface area is 95.6 Å². The molecule has 2 aromatic rings. The van der Waals surface area contributed by atoms with Crippen LogP contribution >= 0.6 is 0 Å². The zero-order chi connectivity index (χ0) is 11.8. The van der Waals surface area contributed by atoms with E-state index in [1.54, 1.807) is 13.1 Å². The molecular formula is C13H18N2O. The number of H-pyrrole nitrogens is 1. The van der Waals surface area contributed by atoms with Crippen LogP contribution in [0.1, 0.15) is 12.6 Å². The van der Waals surface area contributed by atoms with E-state index in [0.717, 1.165) is 6.42 Å². The van der Waals surface area contributed by atoms with Gasteiger partial charge in [-0.05, 0) is 30.6 Å². The molecule has 16 heavy (non-hydrogen) atoms. The van der Waals surface area contributed by atoms with Crippen molar-refractivity contribution in [3.63, 3.8) is 0 Å². The van der Waals surface area contributed by atoms with E-state index in [4.69, 9.17) is 10.8 Å². The zero-order valence-corrected chi connectivity index (χ0v) is 9.48. The van der Waals surface area contributed by atoms with Gasteiger partial charge >= 0.3 is 0 Å². The summed E-state index contributed by atoms with van der Waals surface area (Å²) in [6.45, 7) is 1.93. The molecule has 0 saturated heterocycles. The molecular weight excluding hydrogens is 200 g/mol. The van der Waals surface area contributed by atoms with Crippen molar-refractivity contribution in [1.82, 2.24) is 4.98 Å². The summed E-state index contributed by atoms with van der Waals surface area (Å²) in [7, 11) is 0. The van der Waals surface area contributed by atoms with Gasteiger partial charge in [-0.1, -0.05) is 24.3 Å². The highest BCUT2D eigenvalue weighted by Gasteiger charge is 1.96. The van der Waals surface area contributed by atoms with Gasteiger partial charge in [-0.2, -0.15) is 0 Å². The first-order chi connectivity index (χ1) is 7.81. The number of nitrogens with one attached hydrogen (secondary N) is 1. The van der Waals surface area contributed by atoms with Crippen LogP contribution in [0.2, 0.25) is 0 Å². The van der Waals surface area contributed by atoms with Gasteiger partial charge in [-0.25, -0.2) is 0 Å². The van der Waals surface area contributed by atoms with Gasteiger partial charge in [0.15, 0.2) is 0 Å². The maximum atomic E-state index is 7.57. The van der Waals surface area contributed by atoms with Gasteiger partial charge in [0.2, 0.25) is 0 Å². The summed E-state index contributed by atoms with van der Waals surface area (Å²) in [5.74, 6) is 0. The Hall–Kier alpha value is -1.74. The number of benzene rings is 1. The van der Waals surface area contributed by atoms with E-state index in [0.29, 0.717) is 0 Å². The standard InChI is InChI=1S/C11H12N2.C2H6O/c12-7-3-5-10-8-9-4-1-2-6-11(9)13-10;1-2-3/h1-4,6-8,13H,5,12H2;3H,2H2,1H3. The minimum absolute atomic E-state index is 0.250. The third-order valence-corrected chi connectivity index (χ3v) is 2.06. The number of hydrogen-bond donors (Lipinski definition) is 3. The summed E-state index contributed by atoms with van der Waals surface area (Å²) < 4.78 is 0. The van der Waals surface area contributed by atoms with Crippen LogP contribution in [0.25, 0.3) is 10.9 Å². The molecule has 1 heterocycles. The summed E-state index contributed by atoms with van der Waals surface area (Å²) in [6.07, 6.45) is 4.38. The van der Waals surface area contributed by atoms with E-state index >= 15 is 0 Å². The second-order valence-electron chi connectivity index (χ2n) is 3.33. The van der Waals surface area contributed by atoms with Crippen LogP contribution < -0.4 is 5.73 Å². The van der Waals surface area contributed by atoms with Crippen molar-refractivity contribution in [2.45, 2.75) is 13.3 Å². The fourth-order valence-electron chi connectivity index (χ4n) is 1.44. The predicted molar refractivity (Wildman–Crippen MR) is 68.1 cm³/mol. The number of aliphatic hydroxyl groups is 1. The number of allylic oxidation sites excluding steroid dienone is 1. The number of rotatable bonds is 2. The van der Waals surface area contributed by atoms with E-state index in [-0.39, 0.29) is 6.61 Å². The second-order valence-corrected chi connectivity index (χ2v) is 3.33. The lowest BCUT2D eigenvalue weighted by Gasteiger charge is -1.87. The molecule has 1 aromatic carbocycles. The topological polar surface area (TPSA) is 62.0 Å². The quantitative estimate of drug-likeness (QED) is 0.723. The number of fused-ring (bicyclic) bond motifs is 1. The summed E-state index contributed by atoms with van der Waals surface area (Å²) in [6, 6.07) is 10.4. The average molecular weight is 218 g/mol. The summed E-state index contributed by atoms with van der Waals surface area (Å²) in [4.78, 5) is 3.32. The van der Waals surface area contributed by atoms with Crippen molar-refractivity contribution in [3.8, 4) is 0 Å². The van der Waals surface area contributed by atoms with Gasteiger partial charge in [0.05, 0.1) is 0 Å². The number of hydrogen-bond acceptors (Lipinski definition) is 2. The van der Waals surface area contributed by atoms with Crippen LogP contribution in [0.15, 0.2) is 42.6 Å². The third-order valence-electron chi connectivity index (χ3n) is 2.06. The monoisotopic (exact) mass is 218 g/mol. The molecule has 0 aliphatic heterocycles. The van der Waals surface area contributed by atoms with E-state index in [9.17, 15) is 0 Å². The number of para-hydroxylation sites is 1. The molecule has 0 amide bonds. The second kappa shape index (κ2) is 6.69. The van der Waals surface area contributed by atoms with Crippen molar-refractivity contribution in [1.29, 1.82) is 0 Å². The van der Waals surface area contributed by atoms with Gasteiger partial charge in [-0.3, -0.25) is 0 Å². The summed E-state index contributed by atoms with van der Waals surface area (Å²) in [5, 5.41) is 8.82. The molecule has 0 atom stereocenters. The van der Waals surface area contributed by atoms with E-state index in [1.165, 1.54) is 16.6 Å². The molecule has 4 N–H and O–H groups in total. The molecule has 1 aromatic heterocycles. The molecule has 0 spiro atoms. The highest BCUT2D eigenvalue weighted by atomic mass is 16.2. The number of aliphatic hydroxyl groups excluding tert-OH is 1. The van der Waals surface area contributed by atoms with Gasteiger partial charge in [-0.15, -0.1) is 0 Å². The number of aromatic amines is 1. The Balaban J connectivity index is 0.000000386. The van der Waals surface area contributed by atoms with Crippen molar-refractivity contribution in [2.24, 2.45) is 5.73 Å². The minimum Gasteiger partial charge on any atom is -0.405 e. The Kier molecular flexibility index (Phi) is 5.16. The van der Waals surface area contributed by atoms with Crippen LogP contribution in [0.5, 0.6) is 0 Å². The first-order valence-electron chi connectivity index (χ1n) is 5.36. The Morgan fingerprint density at radius 1 is 1.38 bits per heavy atom. The van der Waals surface area contributed by atoms with Crippen molar-refractivity contribution in [2.75, 3.05) is 6.61 Å². The average Bonchev–Trinajstić information content (AvgIpc) is 2.70. The predicted octanol–water partition coefficient (Wildman–Crippen LogP) is 2.18. The Morgan fingerprint density at radius 3 is 2.69 bits per heavy atom. The Morgan fingerprint density at radius 2 is 2.06 bits per heavy atom. The van der Waals surface area contributed by atoms with Gasteiger partial charge in [0, 0.05) is 24.2 Å². The van der Waals surface area contributed by atoms with Crippen molar-refractivity contribution in [3.05, 3.63) is 48.3 Å². The molecule has 3 nitrogen and oxygen atoms in total. The van der Waals surface area contributed by atoms with E-state index in [1.807, 2.05) is 18.2 Å². The molecule has 0 bridgehead atoms. The largest absolute Gasteiger partial charge is 0.405 e. The smallest absolute Gasteiger partial charge is 0.0456 e. The molecule has 0 fully saturated rings. The summed E-state index contributed by atoms with van der Waals surface area (Å²) in [5.41, 5.74) is 7.66. The lowest BCUT2D eigenvalue weighted by molar-refractivity contribution is 0.318. The highest BCUT2D eigenvalue weighted by Crippen LogP contribution is 2.14. The van der Waals surface area contributed by atoms with Crippen molar-refractivity contribution >= 4 is 10.9 Å². The minimum atomic E-state index is 0.250. The molecule has 0 unspecified atom stereocenters. The molecule has 0 aliphatic carbocycles. The molecule has 3 heteroatoms. The zero-order valence-electron chi connectivity index (χ0n) is 9.48. The molecule has 0 saturated carbocycles. The third kappa shape index (κ3) is 3.44. The number of nitrogens with two attached hydrogens (primary N) is 1. The maximum Gasteiger partial charge on any atom is 0.0456 e. The van der Waals surface area contributed by atoms with Crippen LogP contribution in [-0.2, 0) is 6.42 Å². The fourth-order valence-corrected chi connectivity index (χ4v) is 1.44. The molecule has 86 valence electrons. The lowest BCUT2D eigenvalue weighted by Crippen LogP contribution is -1.82. The van der Waals surface area contributed by atoms with Crippen LogP contribution in [0.3, 0.4) is 0 Å². The van der Waals surface area contributed by atoms with Crippen molar-refractivity contribution < 1.29 is 5.11 Å². The first-order valence-corrected chi connectivity index (χ1v) is 5.36. The molecule has 0 aliphatic rings. The van der Waals surface area contributed by atoms with Crippen LogP contribution in [0, 0.1) is 0 Å². The van der Waals surface area contributed by atoms with Crippen LogP contribution in [-0.4, -0.2) is 16.7 Å². The fraction of sp³-hybridized carbons (Fsp3) is 0.231. The van der Waals surface area contributed by atoms with Crippen LogP contribution in [0.4, 0.5) is 0 Å². The highest BCUT2D eigenvalue weighted by molar-refractivity contribution is 5.80. The number of aromatic nitrogens is 1. The van der Waals surface area contributed by atoms with Gasteiger partial charge in [0.25, 0.3) is 0 Å². The van der Waals surface area contributed by atoms with E-state index < -0.39 is 0 Å². The Bertz CT molecular complexity index is 413. The van der Waals surface area contributed by atoms with Gasteiger partial charge < -0.3 is 15.8 Å². The molecule has 0 radical (unpaired) electrons. The summed E-state index contributed by atoms with van der Waals surface area (Å²) >= 11 is 0. The van der Waals surface area contributed by atoms with E-state index in [2.05, 4.69) is 23.2 Å². The first kappa shape index (κ1) is 12.3.